The molecule has 1 unspecified atom stereocenters. The highest BCUT2D eigenvalue weighted by atomic mass is 79.9. The summed E-state index contributed by atoms with van der Waals surface area (Å²) in [5, 5.41) is 20.9. The van der Waals surface area contributed by atoms with Crippen molar-refractivity contribution in [1.82, 2.24) is 0 Å². The number of halogens is 1. The summed E-state index contributed by atoms with van der Waals surface area (Å²) in [7, 11) is 0. The van der Waals surface area contributed by atoms with Crippen molar-refractivity contribution < 1.29 is 19.8 Å². The Hall–Kier alpha value is -0.680. The van der Waals surface area contributed by atoms with Crippen LogP contribution >= 0.6 is 15.9 Å². The topological polar surface area (TPSA) is 74.6 Å². The fourth-order valence-electron chi connectivity index (χ4n) is 7.23. The first kappa shape index (κ1) is 18.7. The zero-order valence-corrected chi connectivity index (χ0v) is 17.2. The van der Waals surface area contributed by atoms with E-state index < -0.39 is 16.4 Å². The third kappa shape index (κ3) is 2.28. The van der Waals surface area contributed by atoms with Crippen LogP contribution < -0.4 is 0 Å². The molecular weight excluding hydrogens is 396 g/mol. The van der Waals surface area contributed by atoms with E-state index in [1.165, 1.54) is 5.57 Å². The number of ketones is 1. The number of aliphatic carboxylic acids is 1. The van der Waals surface area contributed by atoms with Crippen LogP contribution in [0.4, 0.5) is 0 Å². The van der Waals surface area contributed by atoms with Gasteiger partial charge in [0.1, 0.15) is 4.83 Å². The predicted molar refractivity (Wildman–Crippen MR) is 102 cm³/mol. The van der Waals surface area contributed by atoms with Crippen molar-refractivity contribution in [2.45, 2.75) is 75.6 Å². The van der Waals surface area contributed by atoms with E-state index in [4.69, 9.17) is 0 Å². The molecule has 0 heterocycles. The number of carboxylic acids is 1. The summed E-state index contributed by atoms with van der Waals surface area (Å²) < 4.78 is 0. The Morgan fingerprint density at radius 1 is 1.15 bits per heavy atom. The maximum Gasteiger partial charge on any atom is 0.320 e. The third-order valence-electron chi connectivity index (χ3n) is 8.81. The minimum Gasteiger partial charge on any atom is -0.480 e. The van der Waals surface area contributed by atoms with Crippen molar-refractivity contribution in [1.29, 1.82) is 0 Å². The number of alkyl halides is 1. The van der Waals surface area contributed by atoms with Crippen molar-refractivity contribution in [3.05, 3.63) is 11.6 Å². The average molecular weight is 425 g/mol. The van der Waals surface area contributed by atoms with Gasteiger partial charge in [-0.05, 0) is 74.2 Å². The van der Waals surface area contributed by atoms with E-state index in [0.717, 1.165) is 38.5 Å². The van der Waals surface area contributed by atoms with Gasteiger partial charge in [0, 0.05) is 11.8 Å². The Kier molecular flexibility index (Phi) is 4.24. The number of aliphatic hydroxyl groups is 1. The van der Waals surface area contributed by atoms with Crippen molar-refractivity contribution in [2.24, 2.45) is 28.6 Å². The van der Waals surface area contributed by atoms with Gasteiger partial charge in [0.2, 0.25) is 0 Å². The van der Waals surface area contributed by atoms with Gasteiger partial charge in [0.25, 0.3) is 0 Å². The van der Waals surface area contributed by atoms with E-state index in [2.05, 4.69) is 29.8 Å². The summed E-state index contributed by atoms with van der Waals surface area (Å²) >= 11 is 3.29. The normalized spacial score (nSPS) is 48.8. The Morgan fingerprint density at radius 2 is 1.85 bits per heavy atom. The number of carboxylic acid groups (broad SMARTS) is 1. The molecule has 4 aliphatic carbocycles. The summed E-state index contributed by atoms with van der Waals surface area (Å²) in [4.78, 5) is 22.6. The van der Waals surface area contributed by atoms with Crippen LogP contribution in [0.5, 0.6) is 0 Å². The van der Waals surface area contributed by atoms with Gasteiger partial charge in [0.15, 0.2) is 5.78 Å². The summed E-state index contributed by atoms with van der Waals surface area (Å²) in [5.74, 6) is 0.737. The molecule has 0 aliphatic heterocycles. The maximum absolute atomic E-state index is 11.9. The second-order valence-corrected chi connectivity index (χ2v) is 10.5. The average Bonchev–Trinajstić information content (AvgIpc) is 2.87. The van der Waals surface area contributed by atoms with Crippen LogP contribution in [0.15, 0.2) is 11.6 Å². The smallest absolute Gasteiger partial charge is 0.320 e. The van der Waals surface area contributed by atoms with E-state index in [-0.39, 0.29) is 16.6 Å². The van der Waals surface area contributed by atoms with Gasteiger partial charge >= 0.3 is 5.97 Å². The lowest BCUT2D eigenvalue weighted by atomic mass is 9.46. The molecule has 144 valence electrons. The summed E-state index contributed by atoms with van der Waals surface area (Å²) in [6, 6.07) is 0. The molecule has 4 aliphatic rings. The third-order valence-corrected chi connectivity index (χ3v) is 9.96. The Morgan fingerprint density at radius 3 is 2.54 bits per heavy atom. The molecule has 26 heavy (non-hydrogen) atoms. The van der Waals surface area contributed by atoms with Gasteiger partial charge < -0.3 is 10.2 Å². The molecule has 0 amide bonds. The molecule has 3 fully saturated rings. The molecule has 0 spiro atoms. The van der Waals surface area contributed by atoms with Gasteiger partial charge in [-0.2, -0.15) is 0 Å². The molecule has 0 aromatic heterocycles. The van der Waals surface area contributed by atoms with Crippen molar-refractivity contribution in [3.8, 4) is 0 Å². The monoisotopic (exact) mass is 424 g/mol. The van der Waals surface area contributed by atoms with E-state index in [1.807, 2.05) is 6.08 Å². The maximum atomic E-state index is 11.9. The molecule has 5 heteroatoms. The van der Waals surface area contributed by atoms with Crippen LogP contribution in [0.2, 0.25) is 0 Å². The summed E-state index contributed by atoms with van der Waals surface area (Å²) in [6.07, 6.45) is 8.89. The lowest BCUT2D eigenvalue weighted by Gasteiger charge is -2.59. The predicted octanol–water partition coefficient (Wildman–Crippen LogP) is 4.10. The standard InChI is InChI=1S/C21H29BrO4/c1-19-8-5-13(23)11-12(19)3-4-14-15(19)6-9-20(2)16(14)7-10-21(20,26)17(22)18(24)25/h11,14-17,26H,3-10H2,1-2H3,(H,24,25)/t14-,15+,16+,17?,19+,20+,21+/m1/s1. The molecule has 0 bridgehead atoms. The van der Waals surface area contributed by atoms with Crippen LogP contribution in [-0.2, 0) is 9.59 Å². The molecule has 7 atom stereocenters. The summed E-state index contributed by atoms with van der Waals surface area (Å²) in [6.45, 7) is 4.46. The van der Waals surface area contributed by atoms with Gasteiger partial charge in [-0.25, -0.2) is 0 Å². The zero-order chi connectivity index (χ0) is 18.9. The molecule has 2 N–H and O–H groups in total. The second-order valence-electron chi connectivity index (χ2n) is 9.59. The highest BCUT2D eigenvalue weighted by molar-refractivity contribution is 9.10. The fourth-order valence-corrected chi connectivity index (χ4v) is 7.98. The second kappa shape index (κ2) is 5.91. The number of hydrogen-bond acceptors (Lipinski definition) is 3. The van der Waals surface area contributed by atoms with Crippen LogP contribution in [0.1, 0.15) is 65.2 Å². The molecule has 0 aromatic carbocycles. The lowest BCUT2D eigenvalue weighted by molar-refractivity contribution is -0.155. The quantitative estimate of drug-likeness (QED) is 0.654. The van der Waals surface area contributed by atoms with Crippen molar-refractivity contribution in [2.75, 3.05) is 0 Å². The highest BCUT2D eigenvalue weighted by Gasteiger charge is 2.66. The van der Waals surface area contributed by atoms with Gasteiger partial charge in [0.05, 0.1) is 5.60 Å². The number of carbonyl (C=O) groups excluding carboxylic acids is 1. The highest BCUT2D eigenvalue weighted by Crippen LogP contribution is 2.68. The Labute approximate surface area is 163 Å². The van der Waals surface area contributed by atoms with Crippen molar-refractivity contribution >= 4 is 27.7 Å². The molecule has 3 saturated carbocycles. The molecule has 4 nitrogen and oxygen atoms in total. The fraction of sp³-hybridized carbons (Fsp3) is 0.810. The molecule has 0 radical (unpaired) electrons. The largest absolute Gasteiger partial charge is 0.480 e. The number of hydrogen-bond donors (Lipinski definition) is 2. The van der Waals surface area contributed by atoms with Gasteiger partial charge in [-0.3, -0.25) is 9.59 Å². The van der Waals surface area contributed by atoms with Gasteiger partial charge in [-0.1, -0.05) is 35.4 Å². The first-order valence-electron chi connectivity index (χ1n) is 9.96. The van der Waals surface area contributed by atoms with Crippen LogP contribution in [-0.4, -0.2) is 32.4 Å². The van der Waals surface area contributed by atoms with E-state index in [1.54, 1.807) is 0 Å². The molecular formula is C21H29BrO4. The van der Waals surface area contributed by atoms with Crippen LogP contribution in [0.25, 0.3) is 0 Å². The van der Waals surface area contributed by atoms with E-state index in [0.29, 0.717) is 30.6 Å². The first-order chi connectivity index (χ1) is 12.1. The summed E-state index contributed by atoms with van der Waals surface area (Å²) in [5.41, 5.74) is -0.0910. The number of allylic oxidation sites excluding steroid dienone is 1. The van der Waals surface area contributed by atoms with Gasteiger partial charge in [-0.15, -0.1) is 0 Å². The minimum atomic E-state index is -1.19. The van der Waals surface area contributed by atoms with Crippen molar-refractivity contribution in [3.63, 3.8) is 0 Å². The molecule has 0 saturated heterocycles. The SMILES string of the molecule is C[C@]12CCC(=O)C=C1CC[C@@H]1[C@@H]2CC[C@@]2(C)[C@H]1CC[C@]2(O)C(Br)C(=O)O. The Balaban J connectivity index is 1.68. The van der Waals surface area contributed by atoms with E-state index in [9.17, 15) is 19.8 Å². The number of fused-ring (bicyclic) bond motifs is 5. The lowest BCUT2D eigenvalue weighted by Crippen LogP contribution is -2.58. The molecule has 4 rings (SSSR count). The zero-order valence-electron chi connectivity index (χ0n) is 15.6. The van der Waals surface area contributed by atoms with Crippen LogP contribution in [0, 0.1) is 28.6 Å². The van der Waals surface area contributed by atoms with Crippen LogP contribution in [0.3, 0.4) is 0 Å². The van der Waals surface area contributed by atoms with E-state index >= 15 is 0 Å². The Bertz CT molecular complexity index is 687. The number of rotatable bonds is 2. The first-order valence-corrected chi connectivity index (χ1v) is 10.9. The number of carbonyl (C=O) groups is 2. The molecule has 0 aromatic rings. The minimum absolute atomic E-state index is 0.111.